The molecule has 0 fully saturated rings. The van der Waals surface area contributed by atoms with Gasteiger partial charge in [-0.2, -0.15) is 0 Å². The van der Waals surface area contributed by atoms with Crippen LogP contribution in [0.15, 0.2) is 59.7 Å². The average molecular weight is 858 g/mol. The number of aryl methyl sites for hydroxylation is 1. The van der Waals surface area contributed by atoms with Gasteiger partial charge in [-0.3, -0.25) is 0 Å². The van der Waals surface area contributed by atoms with Gasteiger partial charge in [-0.1, -0.05) is 128 Å². The molecule has 2 aromatic carbocycles. The van der Waals surface area contributed by atoms with E-state index in [4.69, 9.17) is 0 Å². The van der Waals surface area contributed by atoms with E-state index in [1.165, 1.54) is 140 Å². The van der Waals surface area contributed by atoms with Crippen molar-refractivity contribution in [3.63, 3.8) is 0 Å². The molecular formula is C51H82N2PdSi. The van der Waals surface area contributed by atoms with Crippen LogP contribution in [0.5, 0.6) is 0 Å². The van der Waals surface area contributed by atoms with E-state index in [1.54, 1.807) is 0 Å². The summed E-state index contributed by atoms with van der Waals surface area (Å²) >= 11 is 1.07. The van der Waals surface area contributed by atoms with Crippen molar-refractivity contribution >= 4 is 19.5 Å². The summed E-state index contributed by atoms with van der Waals surface area (Å²) in [6.07, 6.45) is 27.9. The molecule has 0 bridgehead atoms. The molecule has 0 N–H and O–H groups in total. The number of hydrogen-bond acceptors (Lipinski definition) is 0. The third-order valence-electron chi connectivity index (χ3n) is 10.3. The molecule has 0 unspecified atom stereocenters. The molecule has 1 aliphatic heterocycles. The Balaban J connectivity index is 0.000000685. The first-order valence-corrected chi connectivity index (χ1v) is 28.7. The molecule has 0 radical (unpaired) electrons. The third-order valence-corrected chi connectivity index (χ3v) is 13.9. The van der Waals surface area contributed by atoms with E-state index in [1.807, 2.05) is 0 Å². The van der Waals surface area contributed by atoms with Gasteiger partial charge in [-0.15, -0.1) is 0 Å². The van der Waals surface area contributed by atoms with Crippen molar-refractivity contribution in [3.8, 4) is 11.8 Å². The van der Waals surface area contributed by atoms with Crippen molar-refractivity contribution in [1.82, 2.24) is 0 Å². The molecule has 0 amide bonds. The van der Waals surface area contributed by atoms with Gasteiger partial charge in [0.2, 0.25) is 11.4 Å². The molecule has 0 saturated heterocycles. The van der Waals surface area contributed by atoms with E-state index in [9.17, 15) is 5.53 Å². The molecule has 4 heteroatoms. The monoisotopic (exact) mass is 857 g/mol. The maximum atomic E-state index is 12.0. The summed E-state index contributed by atoms with van der Waals surface area (Å²) in [7, 11) is -1.29. The van der Waals surface area contributed by atoms with Gasteiger partial charge >= 0.3 is 93.0 Å². The van der Waals surface area contributed by atoms with Crippen LogP contribution in [0.4, 0.5) is 0 Å². The van der Waals surface area contributed by atoms with E-state index in [0.717, 1.165) is 84.2 Å². The fraction of sp³-hybridized carbons (Fsp3) is 0.647. The summed E-state index contributed by atoms with van der Waals surface area (Å²) in [6.45, 7) is 18.6. The maximum absolute atomic E-state index is 12.0. The van der Waals surface area contributed by atoms with Crippen molar-refractivity contribution in [3.05, 3.63) is 87.5 Å². The van der Waals surface area contributed by atoms with Crippen LogP contribution in [0.3, 0.4) is 0 Å². The molecule has 0 atom stereocenters. The van der Waals surface area contributed by atoms with Gasteiger partial charge < -0.3 is 5.53 Å². The van der Waals surface area contributed by atoms with Crippen molar-refractivity contribution in [2.75, 3.05) is 0 Å². The second-order valence-corrected chi connectivity index (χ2v) is 24.8. The Hall–Kier alpha value is -2.04. The second-order valence-electron chi connectivity index (χ2n) is 17.0. The summed E-state index contributed by atoms with van der Waals surface area (Å²) < 4.78 is 1.49. The SMILES string of the molecule is CCCCCCCC#CC1=C(c2cccc(C[Si](C)(C)C)c2)[N+](=[N-])C(c2cccc(CCCC)c2)=C1CCCCCC.CCCCC[CH2][Pd][CH2]CCCCC. The standard InChI is InChI=1S/C39H56N2Si.2C6H13.Pd/c1-7-10-13-15-16-17-19-28-37-36(27-18-14-11-8-2)38(34-25-20-23-32(29-34)22-12-9-3)41(40)39(37)35-26-21-24-33(30-35)31-42(4,5)6;2*1-3-5-6-4-2;/h20-21,23-26,29-30H,7-18,22,27,31H2,1-6H3;2*1,3-6H2,2H3;. The fourth-order valence-electron chi connectivity index (χ4n) is 7.19. The number of rotatable bonds is 27. The van der Waals surface area contributed by atoms with Crippen molar-refractivity contribution in [2.45, 2.75) is 211 Å². The first-order valence-electron chi connectivity index (χ1n) is 22.8. The van der Waals surface area contributed by atoms with Gasteiger partial charge in [-0.05, 0) is 73.5 Å². The third kappa shape index (κ3) is 20.3. The molecule has 1 heterocycles. The average Bonchev–Trinajstić information content (AvgIpc) is 3.44. The van der Waals surface area contributed by atoms with E-state index in [2.05, 4.69) is 115 Å². The normalized spacial score (nSPS) is 13.0. The zero-order valence-electron chi connectivity index (χ0n) is 37.0. The van der Waals surface area contributed by atoms with Crippen LogP contribution < -0.4 is 0 Å². The fourth-order valence-corrected chi connectivity index (χ4v) is 10.6. The predicted octanol–water partition coefficient (Wildman–Crippen LogP) is 17.0. The summed E-state index contributed by atoms with van der Waals surface area (Å²) in [5.74, 6) is 7.18. The molecule has 55 heavy (non-hydrogen) atoms. The molecule has 310 valence electrons. The predicted molar refractivity (Wildman–Crippen MR) is 244 cm³/mol. The summed E-state index contributed by atoms with van der Waals surface area (Å²) in [5, 5.41) is 0. The van der Waals surface area contributed by atoms with Gasteiger partial charge in [-0.25, -0.2) is 4.70 Å². The van der Waals surface area contributed by atoms with Crippen LogP contribution in [0, 0.1) is 11.8 Å². The zero-order valence-corrected chi connectivity index (χ0v) is 39.6. The molecule has 3 rings (SSSR count). The first-order chi connectivity index (χ1) is 26.7. The molecule has 0 aliphatic carbocycles. The van der Waals surface area contributed by atoms with Crippen LogP contribution in [-0.2, 0) is 30.4 Å². The first kappa shape index (κ1) is 49.1. The quantitative estimate of drug-likeness (QED) is 0.0370. The molecule has 0 saturated carbocycles. The van der Waals surface area contributed by atoms with E-state index < -0.39 is 8.07 Å². The minimum atomic E-state index is -1.29. The van der Waals surface area contributed by atoms with Gasteiger partial charge in [0.15, 0.2) is 0 Å². The Morgan fingerprint density at radius 3 is 1.65 bits per heavy atom. The molecule has 2 nitrogen and oxygen atoms in total. The Kier molecular flexibility index (Phi) is 26.9. The van der Waals surface area contributed by atoms with E-state index in [0.29, 0.717) is 0 Å². The Labute approximate surface area is 350 Å². The molecule has 2 aromatic rings. The summed E-state index contributed by atoms with van der Waals surface area (Å²) in [4.78, 5) is 3.06. The number of hydrogen-bond donors (Lipinski definition) is 0. The van der Waals surface area contributed by atoms with Gasteiger partial charge in [0, 0.05) is 31.2 Å². The summed E-state index contributed by atoms with van der Waals surface area (Å²) in [5.41, 5.74) is 21.0. The second kappa shape index (κ2) is 30.1. The van der Waals surface area contributed by atoms with Crippen LogP contribution in [0.2, 0.25) is 29.4 Å². The van der Waals surface area contributed by atoms with E-state index >= 15 is 0 Å². The number of unbranched alkanes of at least 4 members (excludes halogenated alkanes) is 15. The number of benzene rings is 2. The minimum absolute atomic E-state index is 0.866. The molecule has 1 aliphatic rings. The number of nitrogens with zero attached hydrogens (tertiary/aromatic N) is 2. The Bertz CT molecular complexity index is 1470. The summed E-state index contributed by atoms with van der Waals surface area (Å²) in [6, 6.07) is 18.9. The Morgan fingerprint density at radius 1 is 0.564 bits per heavy atom. The van der Waals surface area contributed by atoms with Crippen molar-refractivity contribution in [1.29, 1.82) is 0 Å². The van der Waals surface area contributed by atoms with Gasteiger partial charge in [0.1, 0.15) is 5.57 Å². The topological polar surface area (TPSA) is 25.3 Å². The van der Waals surface area contributed by atoms with Crippen molar-refractivity contribution < 1.29 is 22.7 Å². The van der Waals surface area contributed by atoms with E-state index in [-0.39, 0.29) is 0 Å². The molecule has 0 spiro atoms. The van der Waals surface area contributed by atoms with Crippen LogP contribution in [0.1, 0.15) is 192 Å². The van der Waals surface area contributed by atoms with Gasteiger partial charge in [0.25, 0.3) is 0 Å². The molecule has 0 aromatic heterocycles. The van der Waals surface area contributed by atoms with Crippen LogP contribution in [0.25, 0.3) is 16.9 Å². The Morgan fingerprint density at radius 2 is 1.07 bits per heavy atom. The molecular weight excluding hydrogens is 775 g/mol. The van der Waals surface area contributed by atoms with Crippen LogP contribution in [-0.4, -0.2) is 12.8 Å². The van der Waals surface area contributed by atoms with Gasteiger partial charge in [0.05, 0.1) is 0 Å². The number of allylic oxidation sites excluding steroid dienone is 2. The van der Waals surface area contributed by atoms with Crippen molar-refractivity contribution in [2.24, 2.45) is 0 Å². The zero-order chi connectivity index (χ0) is 40.2. The van der Waals surface area contributed by atoms with Crippen LogP contribution >= 0.6 is 0 Å².